The lowest BCUT2D eigenvalue weighted by Gasteiger charge is -2.14. The molecule has 0 aromatic heterocycles. The molecule has 0 amide bonds. The Labute approximate surface area is 92.8 Å². The number of hydrogen-bond donors (Lipinski definition) is 2. The van der Waals surface area contributed by atoms with Gasteiger partial charge in [-0.1, -0.05) is 23.7 Å². The summed E-state index contributed by atoms with van der Waals surface area (Å²) < 4.78 is 0. The van der Waals surface area contributed by atoms with Gasteiger partial charge in [0.15, 0.2) is 0 Å². The summed E-state index contributed by atoms with van der Waals surface area (Å²) in [6.07, 6.45) is 0.625. The maximum Gasteiger partial charge on any atom is 0.307 e. The first-order valence-electron chi connectivity index (χ1n) is 4.79. The molecule has 3 nitrogen and oxygen atoms in total. The number of carboxylic acids is 1. The monoisotopic (exact) mass is 225 g/mol. The molecule has 2 atom stereocenters. The molecule has 0 aliphatic heterocycles. The van der Waals surface area contributed by atoms with Crippen LogP contribution in [0.4, 0.5) is 0 Å². The summed E-state index contributed by atoms with van der Waals surface area (Å²) in [5.74, 6) is -1.11. The second kappa shape index (κ2) is 3.51. The SMILES string of the molecule is NC[C@@]1(c2ccc(Cl)cc2)C[C@H]1C(=O)O. The first-order chi connectivity index (χ1) is 7.10. The molecule has 0 heterocycles. The summed E-state index contributed by atoms with van der Waals surface area (Å²) in [6, 6.07) is 7.26. The van der Waals surface area contributed by atoms with Gasteiger partial charge in [-0.2, -0.15) is 0 Å². The predicted molar refractivity (Wildman–Crippen MR) is 57.9 cm³/mol. The van der Waals surface area contributed by atoms with E-state index in [1.807, 2.05) is 12.1 Å². The minimum atomic E-state index is -0.768. The highest BCUT2D eigenvalue weighted by atomic mass is 35.5. The van der Waals surface area contributed by atoms with Crippen molar-refractivity contribution in [2.24, 2.45) is 11.7 Å². The van der Waals surface area contributed by atoms with Crippen molar-refractivity contribution < 1.29 is 9.90 Å². The van der Waals surface area contributed by atoms with Crippen molar-refractivity contribution in [2.75, 3.05) is 6.54 Å². The van der Waals surface area contributed by atoms with Gasteiger partial charge in [0.1, 0.15) is 0 Å². The van der Waals surface area contributed by atoms with Crippen LogP contribution in [0.2, 0.25) is 5.02 Å². The average Bonchev–Trinajstić information content (AvgIpc) is 2.95. The quantitative estimate of drug-likeness (QED) is 0.822. The van der Waals surface area contributed by atoms with Crippen LogP contribution in [0.15, 0.2) is 24.3 Å². The van der Waals surface area contributed by atoms with Crippen LogP contribution in [0.3, 0.4) is 0 Å². The summed E-state index contributed by atoms with van der Waals surface area (Å²) in [7, 11) is 0. The normalized spacial score (nSPS) is 28.8. The molecule has 0 saturated heterocycles. The number of carbonyl (C=O) groups is 1. The standard InChI is InChI=1S/C11H12ClNO2/c12-8-3-1-7(2-4-8)11(6-13)5-9(11)10(14)15/h1-4,9H,5-6,13H2,(H,14,15)/t9-,11+/m0/s1. The molecule has 15 heavy (non-hydrogen) atoms. The lowest BCUT2D eigenvalue weighted by atomic mass is 9.93. The third kappa shape index (κ3) is 1.62. The van der Waals surface area contributed by atoms with Gasteiger partial charge in [0.2, 0.25) is 0 Å². The van der Waals surface area contributed by atoms with Crippen LogP contribution in [0.25, 0.3) is 0 Å². The number of carboxylic acid groups (broad SMARTS) is 1. The predicted octanol–water partition coefficient (Wildman–Crippen LogP) is 1.64. The van der Waals surface area contributed by atoms with E-state index in [0.29, 0.717) is 18.0 Å². The van der Waals surface area contributed by atoms with Crippen LogP contribution >= 0.6 is 11.6 Å². The van der Waals surface area contributed by atoms with Gasteiger partial charge in [0.05, 0.1) is 5.92 Å². The van der Waals surface area contributed by atoms with Gasteiger partial charge < -0.3 is 10.8 Å². The lowest BCUT2D eigenvalue weighted by molar-refractivity contribution is -0.139. The zero-order chi connectivity index (χ0) is 11.1. The van der Waals surface area contributed by atoms with Crippen molar-refractivity contribution in [3.63, 3.8) is 0 Å². The van der Waals surface area contributed by atoms with Crippen LogP contribution in [-0.4, -0.2) is 17.6 Å². The highest BCUT2D eigenvalue weighted by Gasteiger charge is 2.58. The number of benzene rings is 1. The molecule has 0 unspecified atom stereocenters. The molecule has 1 aromatic carbocycles. The van der Waals surface area contributed by atoms with Gasteiger partial charge in [0.25, 0.3) is 0 Å². The van der Waals surface area contributed by atoms with E-state index >= 15 is 0 Å². The van der Waals surface area contributed by atoms with Crippen LogP contribution in [0, 0.1) is 5.92 Å². The van der Waals surface area contributed by atoms with E-state index < -0.39 is 5.97 Å². The van der Waals surface area contributed by atoms with Crippen molar-refractivity contribution in [3.8, 4) is 0 Å². The Kier molecular flexibility index (Phi) is 2.44. The third-order valence-electron chi connectivity index (χ3n) is 3.16. The Morgan fingerprint density at radius 3 is 2.53 bits per heavy atom. The molecule has 80 valence electrons. The minimum Gasteiger partial charge on any atom is -0.481 e. The molecule has 1 fully saturated rings. The van der Waals surface area contributed by atoms with E-state index in [9.17, 15) is 4.79 Å². The number of rotatable bonds is 3. The molecule has 0 bridgehead atoms. The maximum absolute atomic E-state index is 10.9. The van der Waals surface area contributed by atoms with Gasteiger partial charge >= 0.3 is 5.97 Å². The van der Waals surface area contributed by atoms with Crippen LogP contribution < -0.4 is 5.73 Å². The highest BCUT2D eigenvalue weighted by molar-refractivity contribution is 6.30. The van der Waals surface area contributed by atoms with Gasteiger partial charge in [-0.25, -0.2) is 0 Å². The summed E-state index contributed by atoms with van der Waals surface area (Å²) in [5, 5.41) is 9.61. The largest absolute Gasteiger partial charge is 0.481 e. The first-order valence-corrected chi connectivity index (χ1v) is 5.17. The van der Waals surface area contributed by atoms with Crippen molar-refractivity contribution in [1.29, 1.82) is 0 Å². The lowest BCUT2D eigenvalue weighted by Crippen LogP contribution is -2.24. The van der Waals surface area contributed by atoms with Crippen LogP contribution in [0.5, 0.6) is 0 Å². The topological polar surface area (TPSA) is 63.3 Å². The minimum absolute atomic E-state index is 0.344. The fourth-order valence-electron chi connectivity index (χ4n) is 2.07. The molecule has 3 N–H and O–H groups in total. The zero-order valence-corrected chi connectivity index (χ0v) is 8.87. The molecule has 0 radical (unpaired) electrons. The van der Waals surface area contributed by atoms with E-state index in [2.05, 4.69) is 0 Å². The van der Waals surface area contributed by atoms with Crippen molar-refractivity contribution in [3.05, 3.63) is 34.9 Å². The fraction of sp³-hybridized carbons (Fsp3) is 0.364. The molecular formula is C11H12ClNO2. The van der Waals surface area contributed by atoms with Crippen molar-refractivity contribution in [1.82, 2.24) is 0 Å². The summed E-state index contributed by atoms with van der Waals surface area (Å²) >= 11 is 5.78. The first kappa shape index (κ1) is 10.5. The summed E-state index contributed by atoms with van der Waals surface area (Å²) in [6.45, 7) is 0.367. The molecule has 4 heteroatoms. The van der Waals surface area contributed by atoms with Crippen LogP contribution in [0.1, 0.15) is 12.0 Å². The maximum atomic E-state index is 10.9. The molecule has 2 rings (SSSR count). The Balaban J connectivity index is 2.30. The fourth-order valence-corrected chi connectivity index (χ4v) is 2.20. The Morgan fingerprint density at radius 2 is 2.13 bits per heavy atom. The van der Waals surface area contributed by atoms with Gasteiger partial charge in [0, 0.05) is 17.0 Å². The Hall–Kier alpha value is -1.06. The van der Waals surface area contributed by atoms with E-state index in [1.165, 1.54) is 0 Å². The highest BCUT2D eigenvalue weighted by Crippen LogP contribution is 2.53. The number of hydrogen-bond acceptors (Lipinski definition) is 2. The molecular weight excluding hydrogens is 214 g/mol. The van der Waals surface area contributed by atoms with Gasteiger partial charge in [-0.15, -0.1) is 0 Å². The third-order valence-corrected chi connectivity index (χ3v) is 3.41. The Morgan fingerprint density at radius 1 is 1.53 bits per heavy atom. The molecule has 1 aromatic rings. The van der Waals surface area contributed by atoms with E-state index in [0.717, 1.165) is 5.56 Å². The summed E-state index contributed by atoms with van der Waals surface area (Å²) in [4.78, 5) is 10.9. The smallest absolute Gasteiger partial charge is 0.307 e. The van der Waals surface area contributed by atoms with Crippen molar-refractivity contribution >= 4 is 17.6 Å². The molecule has 1 aliphatic carbocycles. The Bertz CT molecular complexity index is 390. The van der Waals surface area contributed by atoms with Gasteiger partial charge in [-0.3, -0.25) is 4.79 Å². The second-order valence-corrected chi connectivity index (χ2v) is 4.40. The van der Waals surface area contributed by atoms with E-state index in [1.54, 1.807) is 12.1 Å². The number of aliphatic carboxylic acids is 1. The molecule has 1 aliphatic rings. The average molecular weight is 226 g/mol. The van der Waals surface area contributed by atoms with Crippen LogP contribution in [-0.2, 0) is 10.2 Å². The van der Waals surface area contributed by atoms with Gasteiger partial charge in [-0.05, 0) is 24.1 Å². The number of halogens is 1. The second-order valence-electron chi connectivity index (χ2n) is 3.96. The zero-order valence-electron chi connectivity index (χ0n) is 8.11. The van der Waals surface area contributed by atoms with Crippen molar-refractivity contribution in [2.45, 2.75) is 11.8 Å². The number of nitrogens with two attached hydrogens (primary N) is 1. The van der Waals surface area contributed by atoms with E-state index in [4.69, 9.17) is 22.4 Å². The summed E-state index contributed by atoms with van der Waals surface area (Å²) in [5.41, 5.74) is 6.28. The van der Waals surface area contributed by atoms with E-state index in [-0.39, 0.29) is 11.3 Å². The molecule has 1 saturated carbocycles. The molecule has 0 spiro atoms.